The minimum atomic E-state index is -0.432. The van der Waals surface area contributed by atoms with Crippen molar-refractivity contribution in [3.63, 3.8) is 0 Å². The summed E-state index contributed by atoms with van der Waals surface area (Å²) in [7, 11) is 0. The van der Waals surface area contributed by atoms with Crippen molar-refractivity contribution >= 4 is 6.09 Å². The molecule has 0 rings (SSSR count). The third kappa shape index (κ3) is 9.28. The molecule has 1 unspecified atom stereocenters. The average molecular weight is 258 g/mol. The molecule has 0 aliphatic carbocycles. The van der Waals surface area contributed by atoms with Crippen molar-refractivity contribution < 1.29 is 9.53 Å². The van der Waals surface area contributed by atoms with Gasteiger partial charge in [0.1, 0.15) is 5.60 Å². The van der Waals surface area contributed by atoms with E-state index in [4.69, 9.17) is 4.74 Å². The number of ether oxygens (including phenoxy) is 1. The summed E-state index contributed by atoms with van der Waals surface area (Å²) in [6, 6.07) is 0. The third-order valence-electron chi connectivity index (χ3n) is 2.90. The van der Waals surface area contributed by atoms with Gasteiger partial charge in [0, 0.05) is 13.1 Å². The largest absolute Gasteiger partial charge is 0.444 e. The second-order valence-corrected chi connectivity index (χ2v) is 6.90. The second kappa shape index (κ2) is 6.98. The van der Waals surface area contributed by atoms with Crippen LogP contribution in [0, 0.1) is 11.3 Å². The monoisotopic (exact) mass is 258 g/mol. The lowest BCUT2D eigenvalue weighted by atomic mass is 9.82. The van der Waals surface area contributed by atoms with E-state index >= 15 is 0 Å². The zero-order chi connectivity index (χ0) is 14.4. The highest BCUT2D eigenvalue weighted by Gasteiger charge is 2.19. The van der Waals surface area contributed by atoms with Crippen LogP contribution in [-0.2, 0) is 4.74 Å². The normalized spacial score (nSPS) is 14.2. The average Bonchev–Trinajstić information content (AvgIpc) is 2.12. The molecule has 1 amide bonds. The summed E-state index contributed by atoms with van der Waals surface area (Å²) in [6.07, 6.45) is -0.354. The molecule has 4 heteroatoms. The van der Waals surface area contributed by atoms with Gasteiger partial charge >= 0.3 is 6.09 Å². The molecule has 18 heavy (non-hydrogen) atoms. The lowest BCUT2D eigenvalue weighted by Crippen LogP contribution is -2.38. The number of alkyl carbamates (subject to hydrolysis) is 1. The summed E-state index contributed by atoms with van der Waals surface area (Å²) in [5.74, 6) is 0.596. The predicted octanol–water partition coefficient (Wildman–Crippen LogP) is 2.78. The summed E-state index contributed by atoms with van der Waals surface area (Å²) in [5, 5.41) is 6.07. The van der Waals surface area contributed by atoms with Crippen molar-refractivity contribution in [3.8, 4) is 0 Å². The number of hydrogen-bond donors (Lipinski definition) is 2. The van der Waals surface area contributed by atoms with Crippen LogP contribution in [-0.4, -0.2) is 31.3 Å². The highest BCUT2D eigenvalue weighted by Crippen LogP contribution is 2.24. The highest BCUT2D eigenvalue weighted by molar-refractivity contribution is 5.67. The predicted molar refractivity (Wildman–Crippen MR) is 75.7 cm³/mol. The van der Waals surface area contributed by atoms with Crippen LogP contribution in [0.15, 0.2) is 0 Å². The van der Waals surface area contributed by atoms with Gasteiger partial charge in [0.05, 0.1) is 0 Å². The van der Waals surface area contributed by atoms with Crippen molar-refractivity contribution in [3.05, 3.63) is 0 Å². The van der Waals surface area contributed by atoms with Gasteiger partial charge in [-0.25, -0.2) is 4.79 Å². The Balaban J connectivity index is 3.61. The molecule has 0 aromatic rings. The molecule has 0 aliphatic heterocycles. The number of rotatable bonds is 5. The molecule has 0 saturated carbocycles. The van der Waals surface area contributed by atoms with Gasteiger partial charge in [-0.3, -0.25) is 0 Å². The third-order valence-corrected chi connectivity index (χ3v) is 2.90. The summed E-state index contributed by atoms with van der Waals surface area (Å²) in [4.78, 5) is 11.4. The molecule has 0 saturated heterocycles. The molecular weight excluding hydrogens is 228 g/mol. The van der Waals surface area contributed by atoms with Gasteiger partial charge in [-0.2, -0.15) is 0 Å². The molecule has 0 aromatic heterocycles. The van der Waals surface area contributed by atoms with Crippen molar-refractivity contribution in [2.75, 3.05) is 19.6 Å². The van der Waals surface area contributed by atoms with E-state index in [1.54, 1.807) is 0 Å². The summed E-state index contributed by atoms with van der Waals surface area (Å²) >= 11 is 0. The van der Waals surface area contributed by atoms with Crippen LogP contribution in [0.4, 0.5) is 4.79 Å². The summed E-state index contributed by atoms with van der Waals surface area (Å²) < 4.78 is 5.14. The fourth-order valence-corrected chi connectivity index (χ4v) is 1.19. The first-order valence-electron chi connectivity index (χ1n) is 6.70. The Morgan fingerprint density at radius 2 is 1.67 bits per heavy atom. The SMILES string of the molecule is CC(CNCCNC(=O)OC(C)(C)C)C(C)(C)C. The van der Waals surface area contributed by atoms with E-state index in [0.717, 1.165) is 13.1 Å². The Bertz CT molecular complexity index is 252. The Morgan fingerprint density at radius 1 is 1.11 bits per heavy atom. The molecule has 0 fully saturated rings. The number of carbonyl (C=O) groups is 1. The zero-order valence-corrected chi connectivity index (χ0v) is 13.0. The Kier molecular flexibility index (Phi) is 6.68. The molecule has 0 aliphatic rings. The molecular formula is C14H30N2O2. The smallest absolute Gasteiger partial charge is 0.407 e. The Morgan fingerprint density at radius 3 is 2.11 bits per heavy atom. The van der Waals surface area contributed by atoms with Crippen molar-refractivity contribution in [1.29, 1.82) is 0 Å². The first-order valence-corrected chi connectivity index (χ1v) is 6.70. The van der Waals surface area contributed by atoms with Crippen LogP contribution >= 0.6 is 0 Å². The van der Waals surface area contributed by atoms with Gasteiger partial charge in [0.15, 0.2) is 0 Å². The van der Waals surface area contributed by atoms with Gasteiger partial charge < -0.3 is 15.4 Å². The molecule has 108 valence electrons. The fourth-order valence-electron chi connectivity index (χ4n) is 1.19. The minimum Gasteiger partial charge on any atom is -0.444 e. The highest BCUT2D eigenvalue weighted by atomic mass is 16.6. The van der Waals surface area contributed by atoms with Crippen LogP contribution in [0.2, 0.25) is 0 Å². The lowest BCUT2D eigenvalue weighted by molar-refractivity contribution is 0.0528. The molecule has 0 aromatic carbocycles. The van der Waals surface area contributed by atoms with Crippen LogP contribution in [0.25, 0.3) is 0 Å². The molecule has 1 atom stereocenters. The molecule has 0 spiro atoms. The molecule has 4 nitrogen and oxygen atoms in total. The first-order chi connectivity index (χ1) is 8.02. The van der Waals surface area contributed by atoms with E-state index in [1.165, 1.54) is 0 Å². The maximum Gasteiger partial charge on any atom is 0.407 e. The maximum absolute atomic E-state index is 11.4. The van der Waals surface area contributed by atoms with Gasteiger partial charge in [0.2, 0.25) is 0 Å². The summed E-state index contributed by atoms with van der Waals surface area (Å²) in [6.45, 7) is 16.8. The molecule has 0 radical (unpaired) electrons. The van der Waals surface area contributed by atoms with Crippen molar-refractivity contribution in [2.24, 2.45) is 11.3 Å². The first kappa shape index (κ1) is 17.2. The molecule has 2 N–H and O–H groups in total. The molecule has 0 bridgehead atoms. The van der Waals surface area contributed by atoms with Crippen LogP contribution in [0.5, 0.6) is 0 Å². The van der Waals surface area contributed by atoms with E-state index in [2.05, 4.69) is 38.3 Å². The summed E-state index contributed by atoms with van der Waals surface area (Å²) in [5.41, 5.74) is -0.121. The van der Waals surface area contributed by atoms with Gasteiger partial charge in [-0.1, -0.05) is 27.7 Å². The maximum atomic E-state index is 11.4. The Hall–Kier alpha value is -0.770. The van der Waals surface area contributed by atoms with Crippen molar-refractivity contribution in [2.45, 2.75) is 54.1 Å². The van der Waals surface area contributed by atoms with Crippen LogP contribution in [0.1, 0.15) is 48.5 Å². The lowest BCUT2D eigenvalue weighted by Gasteiger charge is -2.27. The van der Waals surface area contributed by atoms with E-state index in [1.807, 2.05) is 20.8 Å². The number of nitrogens with one attached hydrogen (secondary N) is 2. The number of amides is 1. The van der Waals surface area contributed by atoms with Crippen LogP contribution < -0.4 is 10.6 Å². The van der Waals surface area contributed by atoms with Crippen molar-refractivity contribution in [1.82, 2.24) is 10.6 Å². The van der Waals surface area contributed by atoms with Gasteiger partial charge in [-0.15, -0.1) is 0 Å². The van der Waals surface area contributed by atoms with E-state index in [0.29, 0.717) is 17.9 Å². The van der Waals surface area contributed by atoms with Crippen LogP contribution in [0.3, 0.4) is 0 Å². The standard InChI is InChI=1S/C14H30N2O2/c1-11(13(2,3)4)10-15-8-9-16-12(17)18-14(5,6)7/h11,15H,8-10H2,1-7H3,(H,16,17). The van der Waals surface area contributed by atoms with E-state index in [9.17, 15) is 4.79 Å². The second-order valence-electron chi connectivity index (χ2n) is 6.90. The quantitative estimate of drug-likeness (QED) is 0.746. The van der Waals surface area contributed by atoms with E-state index < -0.39 is 5.60 Å². The fraction of sp³-hybridized carbons (Fsp3) is 0.929. The van der Waals surface area contributed by atoms with E-state index in [-0.39, 0.29) is 6.09 Å². The minimum absolute atomic E-state index is 0.311. The Labute approximate surface area is 112 Å². The van der Waals surface area contributed by atoms with Gasteiger partial charge in [0.25, 0.3) is 0 Å². The molecule has 0 heterocycles. The van der Waals surface area contributed by atoms with Gasteiger partial charge in [-0.05, 0) is 38.6 Å². The zero-order valence-electron chi connectivity index (χ0n) is 13.0. The number of carbonyl (C=O) groups excluding carboxylic acids is 1. The topological polar surface area (TPSA) is 50.4 Å². The number of hydrogen-bond acceptors (Lipinski definition) is 3.